The summed E-state index contributed by atoms with van der Waals surface area (Å²) in [4.78, 5) is 0. The van der Waals surface area contributed by atoms with Gasteiger partial charge in [-0.15, -0.1) is 0 Å². The maximum atomic E-state index is 8.89. The van der Waals surface area contributed by atoms with E-state index in [-0.39, 0.29) is 0 Å². The summed E-state index contributed by atoms with van der Waals surface area (Å²) >= 11 is 1.41. The van der Waals surface area contributed by atoms with Crippen molar-refractivity contribution >= 4 is 18.2 Å². The molecule has 0 saturated carbocycles. The van der Waals surface area contributed by atoms with Crippen LogP contribution >= 0.6 is 11.9 Å². The predicted molar refractivity (Wildman–Crippen MR) is 87.2 cm³/mol. The van der Waals surface area contributed by atoms with Crippen LogP contribution in [0.25, 0.3) is 0 Å². The Hall–Kier alpha value is -1.79. The number of allylic oxidation sites excluding steroid dienone is 9. The van der Waals surface area contributed by atoms with E-state index in [2.05, 4.69) is 17.0 Å². The molecule has 100 valence electrons. The number of nitrogens with zero attached hydrogens (tertiary/aromatic N) is 2. The van der Waals surface area contributed by atoms with Gasteiger partial charge in [-0.2, -0.15) is 5.26 Å². The molecule has 0 aliphatic rings. The molecule has 0 aliphatic carbocycles. The Morgan fingerprint density at radius 2 is 2.21 bits per heavy atom. The smallest absolute Gasteiger partial charge is 0.0988 e. The van der Waals surface area contributed by atoms with Gasteiger partial charge in [-0.1, -0.05) is 50.0 Å². The molecule has 0 amide bonds. The summed E-state index contributed by atoms with van der Waals surface area (Å²) in [6.45, 7) is 5.77. The van der Waals surface area contributed by atoms with Crippen LogP contribution in [0.2, 0.25) is 0 Å². The van der Waals surface area contributed by atoms with Crippen LogP contribution in [0.1, 0.15) is 19.8 Å². The van der Waals surface area contributed by atoms with E-state index >= 15 is 0 Å². The number of nitriles is 1. The summed E-state index contributed by atoms with van der Waals surface area (Å²) in [5, 5.41) is 8.89. The van der Waals surface area contributed by atoms with E-state index in [9.17, 15) is 0 Å². The van der Waals surface area contributed by atoms with Crippen LogP contribution in [0.15, 0.2) is 64.7 Å². The summed E-state index contributed by atoms with van der Waals surface area (Å²) < 4.78 is 4.07. The second-order valence-electron chi connectivity index (χ2n) is 3.53. The van der Waals surface area contributed by atoms with Crippen LogP contribution in [0.4, 0.5) is 0 Å². The zero-order valence-corrected chi connectivity index (χ0v) is 12.4. The first-order valence-electron chi connectivity index (χ1n) is 6.11. The minimum absolute atomic E-state index is 0.698. The lowest BCUT2D eigenvalue weighted by atomic mass is 10.2. The molecule has 0 atom stereocenters. The minimum atomic E-state index is 0.698. The van der Waals surface area contributed by atoms with E-state index < -0.39 is 0 Å². The molecule has 0 radical (unpaired) electrons. The van der Waals surface area contributed by atoms with Crippen LogP contribution in [-0.4, -0.2) is 12.5 Å². The maximum absolute atomic E-state index is 8.89. The maximum Gasteiger partial charge on any atom is 0.0988 e. The lowest BCUT2D eigenvalue weighted by Gasteiger charge is -1.89. The van der Waals surface area contributed by atoms with Crippen LogP contribution < -0.4 is 0 Å². The fourth-order valence-electron chi connectivity index (χ4n) is 1.13. The highest BCUT2D eigenvalue weighted by molar-refractivity contribution is 7.97. The van der Waals surface area contributed by atoms with Crippen LogP contribution in [-0.2, 0) is 0 Å². The highest BCUT2D eigenvalue weighted by Gasteiger charge is 1.86. The van der Waals surface area contributed by atoms with E-state index in [0.717, 1.165) is 18.4 Å². The van der Waals surface area contributed by atoms with Gasteiger partial charge in [0.25, 0.3) is 0 Å². The van der Waals surface area contributed by atoms with E-state index in [1.54, 1.807) is 12.3 Å². The number of hydrogen-bond acceptors (Lipinski definition) is 3. The molecule has 0 aromatic heterocycles. The molecule has 2 nitrogen and oxygen atoms in total. The Labute approximate surface area is 120 Å². The average molecular weight is 272 g/mol. The molecule has 0 spiro atoms. The predicted octanol–water partition coefficient (Wildman–Crippen LogP) is 4.81. The second-order valence-corrected chi connectivity index (χ2v) is 4.11. The second kappa shape index (κ2) is 12.7. The van der Waals surface area contributed by atoms with E-state index in [4.69, 9.17) is 5.26 Å². The molecular weight excluding hydrogens is 252 g/mol. The first-order chi connectivity index (χ1) is 9.28. The Morgan fingerprint density at radius 3 is 2.79 bits per heavy atom. The van der Waals surface area contributed by atoms with E-state index in [1.807, 2.05) is 49.6 Å². The summed E-state index contributed by atoms with van der Waals surface area (Å²) in [5.74, 6) is 0. The van der Waals surface area contributed by atoms with E-state index in [1.165, 1.54) is 11.9 Å². The quantitative estimate of drug-likeness (QED) is 0.275. The van der Waals surface area contributed by atoms with Crippen molar-refractivity contribution < 1.29 is 0 Å². The molecule has 0 bridgehead atoms. The molecule has 0 heterocycles. The first kappa shape index (κ1) is 17.2. The molecule has 0 fully saturated rings. The monoisotopic (exact) mass is 272 g/mol. The van der Waals surface area contributed by atoms with Gasteiger partial charge in [-0.05, 0) is 36.4 Å². The Morgan fingerprint density at radius 1 is 1.42 bits per heavy atom. The normalized spacial score (nSPS) is 13.5. The van der Waals surface area contributed by atoms with Crippen molar-refractivity contribution in [1.82, 2.24) is 0 Å². The van der Waals surface area contributed by atoms with Crippen molar-refractivity contribution in [2.75, 3.05) is 6.26 Å². The summed E-state index contributed by atoms with van der Waals surface area (Å²) in [5.41, 5.74) is 1.66. The fraction of sp³-hybridized carbons (Fsp3) is 0.250. The van der Waals surface area contributed by atoms with Gasteiger partial charge in [0.05, 0.1) is 6.07 Å². The van der Waals surface area contributed by atoms with Gasteiger partial charge in [0, 0.05) is 18.0 Å². The standard InChI is InChI=1S/C16H20N2S/c1-4-6-10-16(13-17)12-9-7-8-11-15(5-2)14-18-19-3/h5-8,10-12,14H,2,4,9H2,1,3H3/b8-7-,10-6-,15-11+,16-12+,18-14-. The zero-order valence-electron chi connectivity index (χ0n) is 11.5. The lowest BCUT2D eigenvalue weighted by molar-refractivity contribution is 1.22. The van der Waals surface area contributed by atoms with E-state index in [0.29, 0.717) is 5.57 Å². The average Bonchev–Trinajstić information content (AvgIpc) is 2.45. The lowest BCUT2D eigenvalue weighted by Crippen LogP contribution is -1.76. The minimum Gasteiger partial charge on any atom is -0.224 e. The zero-order chi connectivity index (χ0) is 14.3. The third-order valence-corrected chi connectivity index (χ3v) is 2.42. The van der Waals surface area contributed by atoms with Crippen LogP contribution in [0.3, 0.4) is 0 Å². The van der Waals surface area contributed by atoms with Gasteiger partial charge >= 0.3 is 0 Å². The van der Waals surface area contributed by atoms with Crippen molar-refractivity contribution in [1.29, 1.82) is 5.26 Å². The van der Waals surface area contributed by atoms with Gasteiger partial charge in [-0.25, -0.2) is 4.40 Å². The third-order valence-electron chi connectivity index (χ3n) is 2.10. The summed E-state index contributed by atoms with van der Waals surface area (Å²) in [6, 6.07) is 2.16. The molecule has 0 saturated heterocycles. The topological polar surface area (TPSA) is 36.1 Å². The van der Waals surface area contributed by atoms with Crippen molar-refractivity contribution in [2.45, 2.75) is 19.8 Å². The summed E-state index contributed by atoms with van der Waals surface area (Å²) in [7, 11) is 0. The molecule has 0 N–H and O–H groups in total. The van der Waals surface area contributed by atoms with Gasteiger partial charge < -0.3 is 0 Å². The molecule has 19 heavy (non-hydrogen) atoms. The molecular formula is C16H20N2S. The Balaban J connectivity index is 4.43. The van der Waals surface area contributed by atoms with Gasteiger partial charge in [0.15, 0.2) is 0 Å². The Bertz CT molecular complexity index is 446. The molecule has 0 rings (SSSR count). The summed E-state index contributed by atoms with van der Waals surface area (Å²) in [6.07, 6.45) is 18.7. The third kappa shape index (κ3) is 9.87. The highest BCUT2D eigenvalue weighted by atomic mass is 32.2. The van der Waals surface area contributed by atoms with Crippen molar-refractivity contribution in [3.63, 3.8) is 0 Å². The first-order valence-corrected chi connectivity index (χ1v) is 7.29. The fourth-order valence-corrected chi connectivity index (χ4v) is 1.35. The van der Waals surface area contributed by atoms with Gasteiger partial charge in [0.1, 0.15) is 0 Å². The number of hydrogen-bond donors (Lipinski definition) is 0. The van der Waals surface area contributed by atoms with Crippen molar-refractivity contribution in [3.8, 4) is 6.07 Å². The van der Waals surface area contributed by atoms with Crippen LogP contribution in [0.5, 0.6) is 0 Å². The molecule has 0 unspecified atom stereocenters. The van der Waals surface area contributed by atoms with Crippen molar-refractivity contribution in [2.24, 2.45) is 4.40 Å². The van der Waals surface area contributed by atoms with Crippen LogP contribution in [0, 0.1) is 11.3 Å². The highest BCUT2D eigenvalue weighted by Crippen LogP contribution is 2.01. The number of rotatable bonds is 8. The molecule has 0 aliphatic heterocycles. The molecule has 0 aromatic rings. The van der Waals surface area contributed by atoms with Gasteiger partial charge in [0.2, 0.25) is 0 Å². The SMILES string of the molecule is C=CC(/C=N\SC)=C\C=C/C/C=C(C#N)\C=C/CC. The van der Waals surface area contributed by atoms with Gasteiger partial charge in [-0.3, -0.25) is 0 Å². The Kier molecular flexibility index (Phi) is 11.5. The largest absolute Gasteiger partial charge is 0.224 e. The molecule has 0 aromatic carbocycles. The molecule has 3 heteroatoms. The van der Waals surface area contributed by atoms with Crippen molar-refractivity contribution in [3.05, 3.63) is 60.3 Å².